The normalized spacial score (nSPS) is 11.2. The van der Waals surface area contributed by atoms with Crippen LogP contribution in [-0.2, 0) is 0 Å². The van der Waals surface area contributed by atoms with E-state index in [0.29, 0.717) is 17.0 Å². The summed E-state index contributed by atoms with van der Waals surface area (Å²) in [6.07, 6.45) is 3.62. The number of hydrogen-bond acceptors (Lipinski definition) is 4. The Balaban J connectivity index is 1.73. The van der Waals surface area contributed by atoms with E-state index in [1.807, 2.05) is 59.1 Å². The van der Waals surface area contributed by atoms with Crippen LogP contribution in [0, 0.1) is 6.92 Å². The Labute approximate surface area is 161 Å². The molecule has 5 heteroatoms. The topological polar surface area (TPSA) is 62.5 Å². The van der Waals surface area contributed by atoms with Crippen LogP contribution in [0.3, 0.4) is 0 Å². The summed E-state index contributed by atoms with van der Waals surface area (Å²) in [5.74, 6) is 1.52. The maximum Gasteiger partial charge on any atom is 0.235 e. The number of anilines is 2. The monoisotopic (exact) mass is 366 g/mol. The molecule has 0 bridgehead atoms. The fourth-order valence-corrected chi connectivity index (χ4v) is 3.39. The van der Waals surface area contributed by atoms with Crippen molar-refractivity contribution < 1.29 is 5.11 Å². The standard InChI is InChI=1S/C23H18N4O/c1-15-7-9-18(10-8-15)25-22-21(26-23-24-11-4-12-27(22)23)19-13-16-5-2-3-6-17(16)14-20(19)28/h2-14,25,28H,1H3. The number of hydrogen-bond donors (Lipinski definition) is 2. The van der Waals surface area contributed by atoms with Gasteiger partial charge in [-0.2, -0.15) is 0 Å². The molecule has 0 amide bonds. The van der Waals surface area contributed by atoms with Gasteiger partial charge in [0, 0.05) is 23.6 Å². The fraction of sp³-hybridized carbons (Fsp3) is 0.0435. The minimum Gasteiger partial charge on any atom is -0.507 e. The van der Waals surface area contributed by atoms with E-state index in [0.717, 1.165) is 22.3 Å². The first-order valence-electron chi connectivity index (χ1n) is 9.08. The molecule has 5 aromatic rings. The maximum atomic E-state index is 10.7. The van der Waals surface area contributed by atoms with Crippen LogP contribution in [0.2, 0.25) is 0 Å². The molecule has 28 heavy (non-hydrogen) atoms. The van der Waals surface area contributed by atoms with Crippen LogP contribution in [0.1, 0.15) is 5.56 Å². The van der Waals surface area contributed by atoms with E-state index in [9.17, 15) is 5.11 Å². The first-order valence-corrected chi connectivity index (χ1v) is 9.08. The molecule has 0 aliphatic heterocycles. The Morgan fingerprint density at radius 2 is 1.68 bits per heavy atom. The number of phenols is 1. The summed E-state index contributed by atoms with van der Waals surface area (Å²) in [7, 11) is 0. The van der Waals surface area contributed by atoms with Crippen LogP contribution in [-0.4, -0.2) is 19.5 Å². The number of benzene rings is 3. The summed E-state index contributed by atoms with van der Waals surface area (Å²) in [6, 6.07) is 21.7. The van der Waals surface area contributed by atoms with Crippen molar-refractivity contribution >= 4 is 28.1 Å². The van der Waals surface area contributed by atoms with Gasteiger partial charge in [-0.3, -0.25) is 4.40 Å². The van der Waals surface area contributed by atoms with Crippen LogP contribution < -0.4 is 5.32 Å². The van der Waals surface area contributed by atoms with E-state index in [1.165, 1.54) is 5.56 Å². The molecule has 2 heterocycles. The first kappa shape index (κ1) is 16.3. The van der Waals surface area contributed by atoms with Gasteiger partial charge in [-0.15, -0.1) is 0 Å². The highest BCUT2D eigenvalue weighted by Crippen LogP contribution is 2.38. The summed E-state index contributed by atoms with van der Waals surface area (Å²) in [5, 5.41) is 16.2. The van der Waals surface area contributed by atoms with Crippen molar-refractivity contribution in [3.05, 3.63) is 84.7 Å². The van der Waals surface area contributed by atoms with Gasteiger partial charge < -0.3 is 10.4 Å². The second kappa shape index (κ2) is 6.39. The Morgan fingerprint density at radius 3 is 2.46 bits per heavy atom. The number of aromatic nitrogens is 3. The number of nitrogens with zero attached hydrogens (tertiary/aromatic N) is 3. The predicted molar refractivity (Wildman–Crippen MR) is 112 cm³/mol. The van der Waals surface area contributed by atoms with Gasteiger partial charge in [0.15, 0.2) is 0 Å². The molecule has 0 radical (unpaired) electrons. The van der Waals surface area contributed by atoms with E-state index in [4.69, 9.17) is 4.98 Å². The van der Waals surface area contributed by atoms with Crippen molar-refractivity contribution in [1.82, 2.24) is 14.4 Å². The van der Waals surface area contributed by atoms with Crippen LogP contribution in [0.25, 0.3) is 27.8 Å². The summed E-state index contributed by atoms with van der Waals surface area (Å²) < 4.78 is 1.89. The highest BCUT2D eigenvalue weighted by Gasteiger charge is 2.18. The quantitative estimate of drug-likeness (QED) is 0.454. The Morgan fingerprint density at radius 1 is 0.929 bits per heavy atom. The van der Waals surface area contributed by atoms with Gasteiger partial charge in [-0.05, 0) is 48.0 Å². The zero-order chi connectivity index (χ0) is 19.1. The van der Waals surface area contributed by atoms with Crippen LogP contribution >= 0.6 is 0 Å². The Bertz CT molecular complexity index is 1310. The minimum atomic E-state index is 0.189. The number of aromatic hydroxyl groups is 1. The molecular weight excluding hydrogens is 348 g/mol. The van der Waals surface area contributed by atoms with Gasteiger partial charge in [0.2, 0.25) is 5.78 Å². The largest absolute Gasteiger partial charge is 0.507 e. The highest BCUT2D eigenvalue weighted by atomic mass is 16.3. The third-order valence-corrected chi connectivity index (χ3v) is 4.84. The molecule has 0 aliphatic carbocycles. The van der Waals surface area contributed by atoms with Gasteiger partial charge in [0.05, 0.1) is 0 Å². The van der Waals surface area contributed by atoms with Gasteiger partial charge in [-0.25, -0.2) is 9.97 Å². The van der Waals surface area contributed by atoms with Crippen molar-refractivity contribution in [3.8, 4) is 17.0 Å². The van der Waals surface area contributed by atoms with E-state index in [1.54, 1.807) is 12.3 Å². The average molecular weight is 366 g/mol. The first-order chi connectivity index (χ1) is 13.7. The van der Waals surface area contributed by atoms with Crippen molar-refractivity contribution in [3.63, 3.8) is 0 Å². The van der Waals surface area contributed by atoms with Crippen molar-refractivity contribution in [2.24, 2.45) is 0 Å². The van der Waals surface area contributed by atoms with E-state index in [2.05, 4.69) is 29.4 Å². The second-order valence-corrected chi connectivity index (χ2v) is 6.81. The Kier molecular flexibility index (Phi) is 3.72. The lowest BCUT2D eigenvalue weighted by Crippen LogP contribution is -1.97. The highest BCUT2D eigenvalue weighted by molar-refractivity contribution is 5.92. The molecule has 0 saturated carbocycles. The fourth-order valence-electron chi connectivity index (χ4n) is 3.39. The molecule has 3 aromatic carbocycles. The smallest absolute Gasteiger partial charge is 0.235 e. The number of phenolic OH excluding ortho intramolecular Hbond substituents is 1. The molecule has 0 atom stereocenters. The summed E-state index contributed by atoms with van der Waals surface area (Å²) >= 11 is 0. The molecule has 0 saturated heterocycles. The van der Waals surface area contributed by atoms with Crippen LogP contribution in [0.4, 0.5) is 11.5 Å². The molecule has 5 rings (SSSR count). The molecule has 5 nitrogen and oxygen atoms in total. The molecule has 0 aliphatic rings. The van der Waals surface area contributed by atoms with Crippen molar-refractivity contribution in [2.45, 2.75) is 6.92 Å². The molecule has 2 N–H and O–H groups in total. The second-order valence-electron chi connectivity index (χ2n) is 6.81. The third kappa shape index (κ3) is 2.74. The molecule has 2 aromatic heterocycles. The van der Waals surface area contributed by atoms with Gasteiger partial charge in [-0.1, -0.05) is 42.0 Å². The van der Waals surface area contributed by atoms with Gasteiger partial charge in [0.1, 0.15) is 17.3 Å². The predicted octanol–water partition coefficient (Wildman–Crippen LogP) is 5.31. The van der Waals surface area contributed by atoms with Crippen molar-refractivity contribution in [1.29, 1.82) is 0 Å². The minimum absolute atomic E-state index is 0.189. The lowest BCUT2D eigenvalue weighted by molar-refractivity contribution is 0.478. The molecule has 0 fully saturated rings. The van der Waals surface area contributed by atoms with E-state index >= 15 is 0 Å². The SMILES string of the molecule is Cc1ccc(Nc2c(-c3cc4ccccc4cc3O)nc3ncccn23)cc1. The zero-order valence-corrected chi connectivity index (χ0v) is 15.3. The number of nitrogens with one attached hydrogen (secondary N) is 1. The number of aryl methyl sites for hydroxylation is 1. The third-order valence-electron chi connectivity index (χ3n) is 4.84. The summed E-state index contributed by atoms with van der Waals surface area (Å²) in [6.45, 7) is 2.06. The number of fused-ring (bicyclic) bond motifs is 2. The van der Waals surface area contributed by atoms with Gasteiger partial charge in [0.25, 0.3) is 0 Å². The lowest BCUT2D eigenvalue weighted by atomic mass is 10.0. The maximum absolute atomic E-state index is 10.7. The summed E-state index contributed by atoms with van der Waals surface area (Å²) in [4.78, 5) is 9.06. The molecule has 0 spiro atoms. The number of imidazole rings is 1. The summed E-state index contributed by atoms with van der Waals surface area (Å²) in [5.41, 5.74) is 3.46. The number of rotatable bonds is 3. The average Bonchev–Trinajstić information content (AvgIpc) is 3.07. The van der Waals surface area contributed by atoms with Crippen LogP contribution in [0.5, 0.6) is 5.75 Å². The van der Waals surface area contributed by atoms with E-state index < -0.39 is 0 Å². The van der Waals surface area contributed by atoms with Crippen LogP contribution in [0.15, 0.2) is 79.1 Å². The lowest BCUT2D eigenvalue weighted by Gasteiger charge is -2.11. The van der Waals surface area contributed by atoms with E-state index in [-0.39, 0.29) is 5.75 Å². The molecule has 136 valence electrons. The zero-order valence-electron chi connectivity index (χ0n) is 15.3. The Hall–Kier alpha value is -3.86. The van der Waals surface area contributed by atoms with Crippen molar-refractivity contribution in [2.75, 3.05) is 5.32 Å². The molecule has 0 unspecified atom stereocenters. The van der Waals surface area contributed by atoms with Gasteiger partial charge >= 0.3 is 0 Å². The molecular formula is C23H18N4O.